The zero-order chi connectivity index (χ0) is 18.8. The van der Waals surface area contributed by atoms with Crippen molar-refractivity contribution in [2.75, 3.05) is 0 Å². The summed E-state index contributed by atoms with van der Waals surface area (Å²) in [6.45, 7) is 0. The molecular weight excluding hydrogens is 421 g/mol. The summed E-state index contributed by atoms with van der Waals surface area (Å²) in [5, 5.41) is 14.6. The van der Waals surface area contributed by atoms with E-state index in [0.29, 0.717) is 26.3 Å². The van der Waals surface area contributed by atoms with Gasteiger partial charge in [-0.1, -0.05) is 46.9 Å². The van der Waals surface area contributed by atoms with Crippen LogP contribution in [0, 0.1) is 10.1 Å². The van der Waals surface area contributed by atoms with Crippen LogP contribution in [-0.2, 0) is 4.79 Å². The highest BCUT2D eigenvalue weighted by molar-refractivity contribution is 8.18. The number of carbonyl (C=O) groups excluding carboxylic acids is 1. The Balaban J connectivity index is 1.89. The molecule has 3 rings (SSSR count). The normalized spacial score (nSPS) is 17.0. The molecule has 0 spiro atoms. The second-order valence-electron chi connectivity index (χ2n) is 5.02. The van der Waals surface area contributed by atoms with Gasteiger partial charge in [0.1, 0.15) is 5.02 Å². The van der Waals surface area contributed by atoms with Gasteiger partial charge in [0.15, 0.2) is 5.17 Å². The second-order valence-corrected chi connectivity index (χ2v) is 7.25. The molecule has 6 nitrogen and oxygen atoms in total. The number of thioether (sulfide) groups is 1. The van der Waals surface area contributed by atoms with E-state index in [4.69, 9.17) is 34.8 Å². The Labute approximate surface area is 167 Å². The van der Waals surface area contributed by atoms with Crippen molar-refractivity contribution in [3.63, 3.8) is 0 Å². The number of hydrogen-bond acceptors (Lipinski definition) is 5. The fraction of sp³-hybridized carbons (Fsp3) is 0. The fourth-order valence-corrected chi connectivity index (χ4v) is 3.44. The molecule has 1 aliphatic rings. The number of aliphatic imine (C=N–C) groups is 1. The predicted molar refractivity (Wildman–Crippen MR) is 105 cm³/mol. The van der Waals surface area contributed by atoms with Crippen LogP contribution in [0.2, 0.25) is 15.1 Å². The number of nitro benzene ring substituents is 1. The molecule has 0 saturated carbocycles. The lowest BCUT2D eigenvalue weighted by atomic mass is 10.2. The van der Waals surface area contributed by atoms with Gasteiger partial charge in [0.25, 0.3) is 11.6 Å². The van der Waals surface area contributed by atoms with Crippen LogP contribution >= 0.6 is 46.6 Å². The maximum atomic E-state index is 12.1. The number of halogens is 3. The molecule has 0 atom stereocenters. The van der Waals surface area contributed by atoms with Crippen molar-refractivity contribution in [3.05, 3.63) is 72.0 Å². The molecule has 0 radical (unpaired) electrons. The Morgan fingerprint density at radius 2 is 1.92 bits per heavy atom. The smallest absolute Gasteiger partial charge is 0.288 e. The van der Waals surface area contributed by atoms with E-state index in [0.717, 1.165) is 11.8 Å². The highest BCUT2D eigenvalue weighted by Crippen LogP contribution is 2.35. The van der Waals surface area contributed by atoms with E-state index in [1.807, 2.05) is 0 Å². The first-order valence-electron chi connectivity index (χ1n) is 7.02. The van der Waals surface area contributed by atoms with E-state index in [9.17, 15) is 14.9 Å². The molecular formula is C16H8Cl3N3O3S. The number of carbonyl (C=O) groups is 1. The third-order valence-electron chi connectivity index (χ3n) is 3.27. The van der Waals surface area contributed by atoms with Crippen molar-refractivity contribution in [2.45, 2.75) is 0 Å². The third-order valence-corrected chi connectivity index (χ3v) is 5.31. The Hall–Kier alpha value is -2.06. The summed E-state index contributed by atoms with van der Waals surface area (Å²) >= 11 is 18.9. The highest BCUT2D eigenvalue weighted by Gasteiger charge is 2.24. The maximum Gasteiger partial charge on any atom is 0.288 e. The summed E-state index contributed by atoms with van der Waals surface area (Å²) in [4.78, 5) is 27.1. The number of nitrogens with zero attached hydrogens (tertiary/aromatic N) is 2. The van der Waals surface area contributed by atoms with Crippen LogP contribution in [0.5, 0.6) is 0 Å². The molecule has 1 N–H and O–H groups in total. The number of rotatable bonds is 3. The lowest BCUT2D eigenvalue weighted by Crippen LogP contribution is -2.19. The molecule has 1 saturated heterocycles. The van der Waals surface area contributed by atoms with E-state index in [2.05, 4.69) is 10.3 Å². The molecule has 2 aromatic carbocycles. The highest BCUT2D eigenvalue weighted by atomic mass is 35.5. The molecule has 0 unspecified atom stereocenters. The van der Waals surface area contributed by atoms with Crippen LogP contribution in [0.3, 0.4) is 0 Å². The van der Waals surface area contributed by atoms with Crippen molar-refractivity contribution in [3.8, 4) is 0 Å². The Bertz CT molecular complexity index is 992. The first-order chi connectivity index (χ1) is 12.3. The average Bonchev–Trinajstić information content (AvgIpc) is 2.93. The van der Waals surface area contributed by atoms with Gasteiger partial charge in [-0.2, -0.15) is 0 Å². The summed E-state index contributed by atoms with van der Waals surface area (Å²) in [5.41, 5.74) is 0.662. The molecule has 0 aliphatic carbocycles. The molecule has 1 fully saturated rings. The van der Waals surface area contributed by atoms with Crippen molar-refractivity contribution in [1.29, 1.82) is 0 Å². The van der Waals surface area contributed by atoms with Crippen LogP contribution in [0.1, 0.15) is 5.56 Å². The largest absolute Gasteiger partial charge is 0.300 e. The standard InChI is InChI=1S/C16H8Cl3N3O3S/c17-9-5-4-8(6-12(9)22(24)25)7-13-15(23)21-16(26-13)20-11-3-1-2-10(18)14(11)19/h1-7H,(H,20,21,23)/b13-7+. The van der Waals surface area contributed by atoms with Gasteiger partial charge >= 0.3 is 0 Å². The number of hydrogen-bond donors (Lipinski definition) is 1. The zero-order valence-corrected chi connectivity index (χ0v) is 15.8. The summed E-state index contributed by atoms with van der Waals surface area (Å²) in [7, 11) is 0. The Morgan fingerprint density at radius 1 is 1.15 bits per heavy atom. The molecule has 26 heavy (non-hydrogen) atoms. The number of nitro groups is 1. The second kappa shape index (κ2) is 7.67. The van der Waals surface area contributed by atoms with Crippen LogP contribution in [-0.4, -0.2) is 16.0 Å². The van der Waals surface area contributed by atoms with Gasteiger partial charge in [0.2, 0.25) is 0 Å². The van der Waals surface area contributed by atoms with E-state index in [1.165, 1.54) is 18.2 Å². The van der Waals surface area contributed by atoms with Crippen molar-refractivity contribution < 1.29 is 9.72 Å². The van der Waals surface area contributed by atoms with Crippen LogP contribution in [0.4, 0.5) is 11.4 Å². The first-order valence-corrected chi connectivity index (χ1v) is 8.98. The zero-order valence-electron chi connectivity index (χ0n) is 12.7. The fourth-order valence-electron chi connectivity index (χ4n) is 2.08. The molecule has 0 aromatic heterocycles. The SMILES string of the molecule is O=C1NC(=Nc2cccc(Cl)c2Cl)S/C1=C/c1ccc(Cl)c([N+](=O)[O-])c1. The van der Waals surface area contributed by atoms with Crippen LogP contribution in [0.25, 0.3) is 6.08 Å². The van der Waals surface area contributed by atoms with Gasteiger partial charge in [-0.25, -0.2) is 4.99 Å². The van der Waals surface area contributed by atoms with Gasteiger partial charge < -0.3 is 5.32 Å². The summed E-state index contributed by atoms with van der Waals surface area (Å²) in [6, 6.07) is 9.28. The third kappa shape index (κ3) is 4.02. The van der Waals surface area contributed by atoms with Crippen molar-refractivity contribution >= 4 is 75.1 Å². The number of amides is 1. The minimum absolute atomic E-state index is 0.0264. The lowest BCUT2D eigenvalue weighted by molar-refractivity contribution is -0.384. The van der Waals surface area contributed by atoms with Gasteiger partial charge in [-0.3, -0.25) is 14.9 Å². The quantitative estimate of drug-likeness (QED) is 0.400. The molecule has 1 amide bonds. The van der Waals surface area contributed by atoms with E-state index in [1.54, 1.807) is 24.3 Å². The lowest BCUT2D eigenvalue weighted by Gasteiger charge is -2.01. The van der Waals surface area contributed by atoms with E-state index in [-0.39, 0.29) is 21.6 Å². The summed E-state index contributed by atoms with van der Waals surface area (Å²) < 4.78 is 0. The minimum atomic E-state index is -0.583. The maximum absolute atomic E-state index is 12.1. The Morgan fingerprint density at radius 3 is 2.65 bits per heavy atom. The number of nitrogens with one attached hydrogen (secondary N) is 1. The Kier molecular flexibility index (Phi) is 5.52. The molecule has 1 aliphatic heterocycles. The molecule has 2 aromatic rings. The molecule has 10 heteroatoms. The van der Waals surface area contributed by atoms with Gasteiger partial charge in [0, 0.05) is 6.07 Å². The molecule has 0 bridgehead atoms. The average molecular weight is 429 g/mol. The molecule has 1 heterocycles. The summed E-state index contributed by atoms with van der Waals surface area (Å²) in [5.74, 6) is -0.371. The predicted octanol–water partition coefficient (Wildman–Crippen LogP) is 5.45. The topological polar surface area (TPSA) is 84.6 Å². The van der Waals surface area contributed by atoms with Gasteiger partial charge in [0.05, 0.1) is 25.6 Å². The monoisotopic (exact) mass is 427 g/mol. The van der Waals surface area contributed by atoms with Crippen molar-refractivity contribution in [2.24, 2.45) is 4.99 Å². The summed E-state index contributed by atoms with van der Waals surface area (Å²) in [6.07, 6.45) is 1.52. The van der Waals surface area contributed by atoms with Crippen LogP contribution < -0.4 is 5.32 Å². The van der Waals surface area contributed by atoms with Gasteiger partial charge in [-0.15, -0.1) is 0 Å². The number of amidine groups is 1. The van der Waals surface area contributed by atoms with Crippen molar-refractivity contribution in [1.82, 2.24) is 5.32 Å². The van der Waals surface area contributed by atoms with Gasteiger partial charge in [-0.05, 0) is 41.6 Å². The minimum Gasteiger partial charge on any atom is -0.300 e. The van der Waals surface area contributed by atoms with Crippen LogP contribution in [0.15, 0.2) is 46.3 Å². The van der Waals surface area contributed by atoms with E-state index >= 15 is 0 Å². The molecule has 132 valence electrons. The first kappa shape index (κ1) is 18.7. The number of benzene rings is 2. The van der Waals surface area contributed by atoms with E-state index < -0.39 is 4.92 Å².